The molecule has 124 valence electrons. The van der Waals surface area contributed by atoms with Crippen LogP contribution in [-0.4, -0.2) is 44.2 Å². The summed E-state index contributed by atoms with van der Waals surface area (Å²) in [6.07, 6.45) is 2.91. The van der Waals surface area contributed by atoms with Gasteiger partial charge in [0.15, 0.2) is 0 Å². The summed E-state index contributed by atoms with van der Waals surface area (Å²) in [7, 11) is 0. The Morgan fingerprint density at radius 1 is 1.09 bits per heavy atom. The second kappa shape index (κ2) is 8.18. The first-order chi connectivity index (χ1) is 11.3. The predicted molar refractivity (Wildman–Crippen MR) is 94.9 cm³/mol. The molecule has 0 spiro atoms. The standard InChI is InChI=1S/C19H27N3O/c1-17-5-2-6-18(15-17)22-12-10-21(11-13-22)9-4-8-20-16-19-7-3-14-23-19/h2-3,5-7,14-15,20H,4,8-13,16H2,1H3. The fraction of sp³-hybridized carbons (Fsp3) is 0.474. The van der Waals surface area contributed by atoms with Crippen LogP contribution in [0.2, 0.25) is 0 Å². The molecule has 23 heavy (non-hydrogen) atoms. The topological polar surface area (TPSA) is 31.6 Å². The van der Waals surface area contributed by atoms with Crippen molar-refractivity contribution in [2.24, 2.45) is 0 Å². The zero-order valence-corrected chi connectivity index (χ0v) is 14.0. The summed E-state index contributed by atoms with van der Waals surface area (Å²) in [4.78, 5) is 5.07. The van der Waals surface area contributed by atoms with E-state index in [9.17, 15) is 0 Å². The highest BCUT2D eigenvalue weighted by Gasteiger charge is 2.16. The average molecular weight is 313 g/mol. The van der Waals surface area contributed by atoms with Crippen molar-refractivity contribution < 1.29 is 4.42 Å². The molecule has 1 aromatic heterocycles. The van der Waals surface area contributed by atoms with Crippen LogP contribution in [0.15, 0.2) is 47.1 Å². The first-order valence-electron chi connectivity index (χ1n) is 8.58. The van der Waals surface area contributed by atoms with E-state index in [0.717, 1.165) is 45.0 Å². The second-order valence-electron chi connectivity index (χ2n) is 6.28. The number of aryl methyl sites for hydroxylation is 1. The average Bonchev–Trinajstić information content (AvgIpc) is 3.08. The summed E-state index contributed by atoms with van der Waals surface area (Å²) >= 11 is 0. The largest absolute Gasteiger partial charge is 0.468 e. The third kappa shape index (κ3) is 4.85. The van der Waals surface area contributed by atoms with Gasteiger partial charge in [-0.1, -0.05) is 12.1 Å². The fourth-order valence-corrected chi connectivity index (χ4v) is 3.11. The van der Waals surface area contributed by atoms with Crippen molar-refractivity contribution in [2.45, 2.75) is 19.9 Å². The van der Waals surface area contributed by atoms with Crippen LogP contribution in [0.5, 0.6) is 0 Å². The highest BCUT2D eigenvalue weighted by molar-refractivity contribution is 5.48. The molecule has 0 saturated carbocycles. The minimum atomic E-state index is 0.828. The van der Waals surface area contributed by atoms with E-state index in [1.807, 2.05) is 12.1 Å². The molecule has 0 bridgehead atoms. The van der Waals surface area contributed by atoms with Crippen LogP contribution in [0, 0.1) is 6.92 Å². The van der Waals surface area contributed by atoms with Gasteiger partial charge >= 0.3 is 0 Å². The van der Waals surface area contributed by atoms with Gasteiger partial charge in [-0.3, -0.25) is 4.90 Å². The van der Waals surface area contributed by atoms with E-state index in [0.29, 0.717) is 0 Å². The van der Waals surface area contributed by atoms with Gasteiger partial charge in [0.2, 0.25) is 0 Å². The molecule has 4 nitrogen and oxygen atoms in total. The van der Waals surface area contributed by atoms with Crippen molar-refractivity contribution in [2.75, 3.05) is 44.2 Å². The monoisotopic (exact) mass is 313 g/mol. The van der Waals surface area contributed by atoms with Gasteiger partial charge in [-0.2, -0.15) is 0 Å². The van der Waals surface area contributed by atoms with Gasteiger partial charge in [0.25, 0.3) is 0 Å². The second-order valence-corrected chi connectivity index (χ2v) is 6.28. The number of anilines is 1. The molecule has 0 radical (unpaired) electrons. The molecule has 1 aliphatic rings. The zero-order chi connectivity index (χ0) is 15.9. The van der Waals surface area contributed by atoms with E-state index in [2.05, 4.69) is 46.3 Å². The first-order valence-corrected chi connectivity index (χ1v) is 8.58. The molecule has 0 atom stereocenters. The van der Waals surface area contributed by atoms with E-state index in [1.54, 1.807) is 6.26 Å². The molecular weight excluding hydrogens is 286 g/mol. The van der Waals surface area contributed by atoms with E-state index in [1.165, 1.54) is 24.2 Å². The highest BCUT2D eigenvalue weighted by Crippen LogP contribution is 2.17. The van der Waals surface area contributed by atoms with Gasteiger partial charge in [-0.15, -0.1) is 0 Å². The molecule has 0 aliphatic carbocycles. The van der Waals surface area contributed by atoms with E-state index < -0.39 is 0 Å². The maximum absolute atomic E-state index is 5.31. The molecular formula is C19H27N3O. The summed E-state index contributed by atoms with van der Waals surface area (Å²) in [6.45, 7) is 9.78. The quantitative estimate of drug-likeness (QED) is 0.797. The maximum atomic E-state index is 5.31. The number of rotatable bonds is 7. The van der Waals surface area contributed by atoms with Gasteiger partial charge in [-0.25, -0.2) is 0 Å². The Labute approximate surface area is 139 Å². The number of benzene rings is 1. The van der Waals surface area contributed by atoms with Crippen molar-refractivity contribution in [3.63, 3.8) is 0 Å². The van der Waals surface area contributed by atoms with Crippen LogP contribution >= 0.6 is 0 Å². The zero-order valence-electron chi connectivity index (χ0n) is 14.0. The lowest BCUT2D eigenvalue weighted by Gasteiger charge is -2.36. The number of nitrogens with zero attached hydrogens (tertiary/aromatic N) is 2. The third-order valence-electron chi connectivity index (χ3n) is 4.45. The Bertz CT molecular complexity index is 574. The third-order valence-corrected chi connectivity index (χ3v) is 4.45. The van der Waals surface area contributed by atoms with Crippen molar-refractivity contribution in [1.29, 1.82) is 0 Å². The van der Waals surface area contributed by atoms with Crippen molar-refractivity contribution >= 4 is 5.69 Å². The number of furan rings is 1. The predicted octanol–water partition coefficient (Wildman–Crippen LogP) is 2.89. The Morgan fingerprint density at radius 2 is 1.96 bits per heavy atom. The lowest BCUT2D eigenvalue weighted by atomic mass is 10.2. The summed E-state index contributed by atoms with van der Waals surface area (Å²) in [6, 6.07) is 12.8. The summed E-state index contributed by atoms with van der Waals surface area (Å²) in [5, 5.41) is 3.44. The molecule has 1 aromatic carbocycles. The lowest BCUT2D eigenvalue weighted by Crippen LogP contribution is -2.47. The molecule has 2 heterocycles. The summed E-state index contributed by atoms with van der Waals surface area (Å²) in [5.74, 6) is 1.01. The van der Waals surface area contributed by atoms with Crippen LogP contribution in [0.1, 0.15) is 17.7 Å². The van der Waals surface area contributed by atoms with Gasteiger partial charge in [0.05, 0.1) is 12.8 Å². The minimum Gasteiger partial charge on any atom is -0.468 e. The molecule has 3 rings (SSSR count). The number of hydrogen-bond acceptors (Lipinski definition) is 4. The van der Waals surface area contributed by atoms with Gasteiger partial charge in [-0.05, 0) is 56.3 Å². The van der Waals surface area contributed by atoms with Gasteiger partial charge in [0, 0.05) is 31.9 Å². The Balaban J connectivity index is 1.31. The van der Waals surface area contributed by atoms with Crippen LogP contribution in [0.25, 0.3) is 0 Å². The van der Waals surface area contributed by atoms with Gasteiger partial charge < -0.3 is 14.6 Å². The number of nitrogens with one attached hydrogen (secondary N) is 1. The smallest absolute Gasteiger partial charge is 0.117 e. The molecule has 1 aliphatic heterocycles. The number of hydrogen-bond donors (Lipinski definition) is 1. The Kier molecular flexibility index (Phi) is 5.72. The van der Waals surface area contributed by atoms with Crippen molar-refractivity contribution in [3.05, 3.63) is 54.0 Å². The Hall–Kier alpha value is -1.78. The molecule has 1 N–H and O–H groups in total. The normalized spacial score (nSPS) is 16.0. The molecule has 2 aromatic rings. The fourth-order valence-electron chi connectivity index (χ4n) is 3.11. The van der Waals surface area contributed by atoms with Crippen molar-refractivity contribution in [3.8, 4) is 0 Å². The SMILES string of the molecule is Cc1cccc(N2CCN(CCCNCc3ccco3)CC2)c1. The molecule has 1 fully saturated rings. The minimum absolute atomic E-state index is 0.828. The first kappa shape index (κ1) is 16.1. The van der Waals surface area contributed by atoms with Gasteiger partial charge in [0.1, 0.15) is 5.76 Å². The lowest BCUT2D eigenvalue weighted by molar-refractivity contribution is 0.253. The molecule has 0 amide bonds. The molecule has 0 unspecified atom stereocenters. The van der Waals surface area contributed by atoms with Crippen LogP contribution in [0.3, 0.4) is 0 Å². The van der Waals surface area contributed by atoms with E-state index >= 15 is 0 Å². The molecule has 4 heteroatoms. The molecule has 1 saturated heterocycles. The summed E-state index contributed by atoms with van der Waals surface area (Å²) < 4.78 is 5.31. The number of piperazine rings is 1. The summed E-state index contributed by atoms with van der Waals surface area (Å²) in [5.41, 5.74) is 2.71. The van der Waals surface area contributed by atoms with Crippen LogP contribution in [-0.2, 0) is 6.54 Å². The highest BCUT2D eigenvalue weighted by atomic mass is 16.3. The maximum Gasteiger partial charge on any atom is 0.117 e. The van der Waals surface area contributed by atoms with Crippen LogP contribution < -0.4 is 10.2 Å². The van der Waals surface area contributed by atoms with E-state index in [4.69, 9.17) is 4.42 Å². The van der Waals surface area contributed by atoms with Crippen LogP contribution in [0.4, 0.5) is 5.69 Å². The van der Waals surface area contributed by atoms with E-state index in [-0.39, 0.29) is 0 Å². The van der Waals surface area contributed by atoms with Crippen molar-refractivity contribution in [1.82, 2.24) is 10.2 Å². The Morgan fingerprint density at radius 3 is 2.70 bits per heavy atom.